The fourth-order valence-electron chi connectivity index (χ4n) is 2.04. The molecule has 0 unspecified atom stereocenters. The zero-order valence-electron chi connectivity index (χ0n) is 12.2. The predicted octanol–water partition coefficient (Wildman–Crippen LogP) is 3.38. The lowest BCUT2D eigenvalue weighted by atomic mass is 10.1. The van der Waals surface area contributed by atoms with Gasteiger partial charge in [0.25, 0.3) is 0 Å². The topological polar surface area (TPSA) is 59.2 Å². The van der Waals surface area contributed by atoms with Crippen LogP contribution in [0.3, 0.4) is 0 Å². The van der Waals surface area contributed by atoms with Crippen LogP contribution in [0.2, 0.25) is 0 Å². The number of carbonyl (C=O) groups is 1. The number of pyridine rings is 1. The number of unbranched alkanes of at least 4 members (excludes halogenated alkanes) is 3. The van der Waals surface area contributed by atoms with E-state index < -0.39 is 0 Å². The lowest BCUT2D eigenvalue weighted by molar-refractivity contribution is -0.119. The zero-order chi connectivity index (χ0) is 14.3. The normalized spacial score (nSPS) is 10.7. The molecular weight excluding hydrogens is 238 g/mol. The zero-order valence-corrected chi connectivity index (χ0v) is 12.2. The molecule has 0 aliphatic carbocycles. The van der Waals surface area contributed by atoms with Crippen molar-refractivity contribution in [3.8, 4) is 0 Å². The van der Waals surface area contributed by atoms with Crippen molar-refractivity contribution in [2.24, 2.45) is 0 Å². The van der Waals surface area contributed by atoms with Crippen LogP contribution in [0.25, 0.3) is 0 Å². The predicted molar refractivity (Wildman–Crippen MR) is 80.0 cm³/mol. The lowest BCUT2D eigenvalue weighted by Gasteiger charge is -2.26. The molecule has 0 radical (unpaired) electrons. The van der Waals surface area contributed by atoms with Crippen LogP contribution in [-0.4, -0.2) is 16.9 Å². The number of aromatic nitrogens is 1. The number of amides is 1. The number of nitrogens with zero attached hydrogens (tertiary/aromatic N) is 2. The summed E-state index contributed by atoms with van der Waals surface area (Å²) in [4.78, 5) is 18.3. The SMILES string of the molecule is CCCCCCC(=O)N(c1ccc(N)cn1)C(C)C. The number of nitrogen functional groups attached to an aromatic ring is 1. The molecule has 19 heavy (non-hydrogen) atoms. The van der Waals surface area contributed by atoms with Crippen molar-refractivity contribution in [1.82, 2.24) is 4.98 Å². The summed E-state index contributed by atoms with van der Waals surface area (Å²) in [7, 11) is 0. The van der Waals surface area contributed by atoms with Gasteiger partial charge in [-0.2, -0.15) is 0 Å². The summed E-state index contributed by atoms with van der Waals surface area (Å²) in [5.41, 5.74) is 6.24. The summed E-state index contributed by atoms with van der Waals surface area (Å²) >= 11 is 0. The fourth-order valence-corrected chi connectivity index (χ4v) is 2.04. The molecule has 4 nitrogen and oxygen atoms in total. The number of rotatable bonds is 7. The van der Waals surface area contributed by atoms with Crippen molar-refractivity contribution in [1.29, 1.82) is 0 Å². The Kier molecular flexibility index (Phi) is 6.33. The van der Waals surface area contributed by atoms with Gasteiger partial charge in [0.2, 0.25) is 5.91 Å². The van der Waals surface area contributed by atoms with Gasteiger partial charge >= 0.3 is 0 Å². The van der Waals surface area contributed by atoms with E-state index in [0.29, 0.717) is 17.9 Å². The molecule has 0 bridgehead atoms. The van der Waals surface area contributed by atoms with Gasteiger partial charge < -0.3 is 5.73 Å². The molecule has 0 atom stereocenters. The summed E-state index contributed by atoms with van der Waals surface area (Å²) in [5, 5.41) is 0. The Balaban J connectivity index is 2.66. The third kappa shape index (κ3) is 4.89. The van der Waals surface area contributed by atoms with Gasteiger partial charge in [-0.3, -0.25) is 9.69 Å². The molecule has 0 spiro atoms. The van der Waals surface area contributed by atoms with Gasteiger partial charge in [0.05, 0.1) is 11.9 Å². The first-order valence-electron chi connectivity index (χ1n) is 7.09. The van der Waals surface area contributed by atoms with E-state index in [1.54, 1.807) is 23.2 Å². The Hall–Kier alpha value is -1.58. The highest BCUT2D eigenvalue weighted by molar-refractivity contribution is 5.92. The molecule has 0 saturated carbocycles. The van der Waals surface area contributed by atoms with Gasteiger partial charge in [-0.1, -0.05) is 26.2 Å². The summed E-state index contributed by atoms with van der Waals surface area (Å²) in [6, 6.07) is 3.69. The Morgan fingerprint density at radius 1 is 1.32 bits per heavy atom. The average molecular weight is 263 g/mol. The molecule has 0 aliphatic heterocycles. The van der Waals surface area contributed by atoms with Crippen LogP contribution in [0.15, 0.2) is 18.3 Å². The quantitative estimate of drug-likeness (QED) is 0.767. The second-order valence-corrected chi connectivity index (χ2v) is 5.12. The minimum atomic E-state index is 0.106. The maximum atomic E-state index is 12.3. The maximum Gasteiger partial charge on any atom is 0.228 e. The maximum absolute atomic E-state index is 12.3. The van der Waals surface area contributed by atoms with E-state index in [4.69, 9.17) is 5.73 Å². The molecule has 2 N–H and O–H groups in total. The lowest BCUT2D eigenvalue weighted by Crippen LogP contribution is -2.37. The van der Waals surface area contributed by atoms with E-state index in [2.05, 4.69) is 11.9 Å². The molecular formula is C15H25N3O. The van der Waals surface area contributed by atoms with Crippen LogP contribution in [0.5, 0.6) is 0 Å². The van der Waals surface area contributed by atoms with E-state index in [9.17, 15) is 4.79 Å². The number of anilines is 2. The Labute approximate surface area is 116 Å². The minimum absolute atomic E-state index is 0.106. The number of hydrogen-bond donors (Lipinski definition) is 1. The van der Waals surface area contributed by atoms with Crippen LogP contribution in [0.4, 0.5) is 11.5 Å². The van der Waals surface area contributed by atoms with Crippen molar-refractivity contribution in [2.45, 2.75) is 58.9 Å². The Morgan fingerprint density at radius 2 is 2.05 bits per heavy atom. The molecule has 0 aromatic carbocycles. The van der Waals surface area contributed by atoms with Gasteiger partial charge in [-0.05, 0) is 32.4 Å². The van der Waals surface area contributed by atoms with Crippen molar-refractivity contribution in [3.05, 3.63) is 18.3 Å². The summed E-state index contributed by atoms with van der Waals surface area (Å²) in [5.74, 6) is 0.827. The fraction of sp³-hybridized carbons (Fsp3) is 0.600. The van der Waals surface area contributed by atoms with Crippen LogP contribution < -0.4 is 10.6 Å². The monoisotopic (exact) mass is 263 g/mol. The Morgan fingerprint density at radius 3 is 2.58 bits per heavy atom. The second kappa shape index (κ2) is 7.77. The van der Waals surface area contributed by atoms with Gasteiger partial charge in [0.15, 0.2) is 0 Å². The molecule has 1 aromatic heterocycles. The van der Waals surface area contributed by atoms with Gasteiger partial charge in [-0.15, -0.1) is 0 Å². The third-order valence-electron chi connectivity index (χ3n) is 3.05. The smallest absolute Gasteiger partial charge is 0.228 e. The first-order chi connectivity index (χ1) is 9.06. The molecule has 4 heteroatoms. The number of hydrogen-bond acceptors (Lipinski definition) is 3. The van der Waals surface area contributed by atoms with Crippen LogP contribution in [0, 0.1) is 0 Å². The largest absolute Gasteiger partial charge is 0.397 e. The highest BCUT2D eigenvalue weighted by Crippen LogP contribution is 2.17. The Bertz CT molecular complexity index is 387. The summed E-state index contributed by atoms with van der Waals surface area (Å²) in [6.07, 6.45) is 6.62. The van der Waals surface area contributed by atoms with Gasteiger partial charge in [0.1, 0.15) is 5.82 Å². The molecule has 0 saturated heterocycles. The van der Waals surface area contributed by atoms with Crippen molar-refractivity contribution in [2.75, 3.05) is 10.6 Å². The van der Waals surface area contributed by atoms with Crippen LogP contribution >= 0.6 is 0 Å². The van der Waals surface area contributed by atoms with E-state index in [0.717, 1.165) is 12.8 Å². The van der Waals surface area contributed by atoms with Crippen molar-refractivity contribution in [3.63, 3.8) is 0 Å². The van der Waals surface area contributed by atoms with E-state index in [-0.39, 0.29) is 11.9 Å². The molecule has 0 aliphatic rings. The highest BCUT2D eigenvalue weighted by Gasteiger charge is 2.19. The van der Waals surface area contributed by atoms with E-state index in [1.165, 1.54) is 12.8 Å². The molecule has 1 heterocycles. The molecule has 106 valence electrons. The van der Waals surface area contributed by atoms with E-state index in [1.807, 2.05) is 13.8 Å². The second-order valence-electron chi connectivity index (χ2n) is 5.12. The summed E-state index contributed by atoms with van der Waals surface area (Å²) < 4.78 is 0. The van der Waals surface area contributed by atoms with Gasteiger partial charge in [0, 0.05) is 12.5 Å². The highest BCUT2D eigenvalue weighted by atomic mass is 16.2. The first-order valence-corrected chi connectivity index (χ1v) is 7.09. The minimum Gasteiger partial charge on any atom is -0.397 e. The molecule has 0 fully saturated rings. The standard InChI is InChI=1S/C15H25N3O/c1-4-5-6-7-8-15(19)18(12(2)3)14-10-9-13(16)11-17-14/h9-12H,4-8,16H2,1-3H3. The molecule has 1 rings (SSSR count). The van der Waals surface area contributed by atoms with E-state index >= 15 is 0 Å². The summed E-state index contributed by atoms with van der Waals surface area (Å²) in [6.45, 7) is 6.17. The molecule has 1 amide bonds. The number of carbonyl (C=O) groups excluding carboxylic acids is 1. The van der Waals surface area contributed by atoms with Crippen LogP contribution in [0.1, 0.15) is 52.9 Å². The average Bonchev–Trinajstić information content (AvgIpc) is 2.37. The van der Waals surface area contributed by atoms with Crippen molar-refractivity contribution >= 4 is 17.4 Å². The van der Waals surface area contributed by atoms with Crippen molar-refractivity contribution < 1.29 is 4.79 Å². The van der Waals surface area contributed by atoms with Gasteiger partial charge in [-0.25, -0.2) is 4.98 Å². The molecule has 1 aromatic rings. The third-order valence-corrected chi connectivity index (χ3v) is 3.05. The first kappa shape index (κ1) is 15.5. The van der Waals surface area contributed by atoms with Crippen LogP contribution in [-0.2, 0) is 4.79 Å². The number of nitrogens with two attached hydrogens (primary N) is 1.